The molecule has 0 bridgehead atoms. The maximum Gasteiger partial charge on any atom is 0.191 e. The monoisotopic (exact) mass is 290 g/mol. The molecule has 2 unspecified atom stereocenters. The van der Waals surface area contributed by atoms with Gasteiger partial charge in [-0.25, -0.2) is 0 Å². The third-order valence-electron chi connectivity index (χ3n) is 3.37. The van der Waals surface area contributed by atoms with Gasteiger partial charge in [-0.05, 0) is 18.5 Å². The van der Waals surface area contributed by atoms with Crippen molar-refractivity contribution in [2.45, 2.75) is 30.3 Å². The van der Waals surface area contributed by atoms with Crippen molar-refractivity contribution < 1.29 is 0 Å². The van der Waals surface area contributed by atoms with Crippen LogP contribution in [0.5, 0.6) is 0 Å². The molecule has 5 heteroatoms. The van der Waals surface area contributed by atoms with Gasteiger partial charge in [-0.3, -0.25) is 0 Å². The van der Waals surface area contributed by atoms with Crippen molar-refractivity contribution in [1.29, 1.82) is 0 Å². The minimum absolute atomic E-state index is 0.290. The summed E-state index contributed by atoms with van der Waals surface area (Å²) in [4.78, 5) is 0. The van der Waals surface area contributed by atoms with Crippen LogP contribution in [0.4, 0.5) is 0 Å². The van der Waals surface area contributed by atoms with Crippen molar-refractivity contribution in [3.8, 4) is 0 Å². The zero-order chi connectivity index (χ0) is 14.5. The van der Waals surface area contributed by atoms with Gasteiger partial charge in [0, 0.05) is 18.3 Å². The van der Waals surface area contributed by atoms with Gasteiger partial charge in [0.15, 0.2) is 5.16 Å². The van der Waals surface area contributed by atoms with E-state index in [9.17, 15) is 0 Å². The van der Waals surface area contributed by atoms with Gasteiger partial charge in [0.2, 0.25) is 0 Å². The fourth-order valence-electron chi connectivity index (χ4n) is 2.27. The van der Waals surface area contributed by atoms with E-state index in [1.807, 2.05) is 18.7 Å². The molecule has 20 heavy (non-hydrogen) atoms. The molecule has 0 saturated carbocycles. The molecule has 1 heterocycles. The lowest BCUT2D eigenvalue weighted by Crippen LogP contribution is -2.31. The second-order valence-electron chi connectivity index (χ2n) is 5.23. The fraction of sp³-hybridized carbons (Fsp3) is 0.467. The van der Waals surface area contributed by atoms with Crippen LogP contribution in [0, 0.1) is 5.92 Å². The predicted molar refractivity (Wildman–Crippen MR) is 83.7 cm³/mol. The van der Waals surface area contributed by atoms with Crippen LogP contribution in [0.25, 0.3) is 0 Å². The Balaban J connectivity index is 2.25. The zero-order valence-electron chi connectivity index (χ0n) is 12.4. The van der Waals surface area contributed by atoms with Crippen LogP contribution in [0.1, 0.15) is 25.5 Å². The van der Waals surface area contributed by atoms with E-state index in [2.05, 4.69) is 59.7 Å². The summed E-state index contributed by atoms with van der Waals surface area (Å²) < 4.78 is 1.97. The quantitative estimate of drug-likeness (QED) is 0.831. The Morgan fingerprint density at radius 1 is 1.20 bits per heavy atom. The highest BCUT2D eigenvalue weighted by atomic mass is 32.2. The number of aromatic nitrogens is 3. The summed E-state index contributed by atoms with van der Waals surface area (Å²) in [7, 11) is 4.00. The van der Waals surface area contributed by atoms with Gasteiger partial charge in [-0.2, -0.15) is 0 Å². The summed E-state index contributed by atoms with van der Waals surface area (Å²) >= 11 is 1.78. The van der Waals surface area contributed by atoms with Gasteiger partial charge in [-0.15, -0.1) is 10.2 Å². The van der Waals surface area contributed by atoms with Crippen LogP contribution in [0.3, 0.4) is 0 Å². The van der Waals surface area contributed by atoms with Crippen molar-refractivity contribution >= 4 is 11.8 Å². The maximum atomic E-state index is 4.20. The van der Waals surface area contributed by atoms with Crippen LogP contribution < -0.4 is 5.32 Å². The highest BCUT2D eigenvalue weighted by Gasteiger charge is 2.27. The maximum absolute atomic E-state index is 4.20. The van der Waals surface area contributed by atoms with Crippen molar-refractivity contribution in [3.05, 3.63) is 42.2 Å². The Bertz CT molecular complexity index is 524. The number of hydrogen-bond donors (Lipinski definition) is 1. The molecule has 2 rings (SSSR count). The standard InChI is InChI=1S/C15H22N4S/c1-11(2)14(20-15-18-17-10-19(15)4)13(16-3)12-8-6-5-7-9-12/h5-11,13-14,16H,1-4H3. The molecule has 0 aliphatic heterocycles. The molecule has 0 amide bonds. The SMILES string of the molecule is CNC(c1ccccc1)C(Sc1nncn1C)C(C)C. The van der Waals surface area contributed by atoms with Crippen molar-refractivity contribution in [3.63, 3.8) is 0 Å². The van der Waals surface area contributed by atoms with E-state index in [0.717, 1.165) is 5.16 Å². The Hall–Kier alpha value is -1.33. The van der Waals surface area contributed by atoms with E-state index in [1.54, 1.807) is 18.1 Å². The highest BCUT2D eigenvalue weighted by molar-refractivity contribution is 7.99. The summed E-state index contributed by atoms with van der Waals surface area (Å²) in [5.74, 6) is 0.523. The van der Waals surface area contributed by atoms with E-state index >= 15 is 0 Å². The van der Waals surface area contributed by atoms with Crippen LogP contribution in [-0.4, -0.2) is 27.1 Å². The first kappa shape index (κ1) is 15.1. The Kier molecular flexibility index (Phi) is 5.20. The number of nitrogens with one attached hydrogen (secondary N) is 1. The first-order valence-corrected chi connectivity index (χ1v) is 7.74. The first-order valence-electron chi connectivity index (χ1n) is 6.86. The second-order valence-corrected chi connectivity index (χ2v) is 6.37. The molecular formula is C15H22N4S. The second kappa shape index (κ2) is 6.90. The fourth-order valence-corrected chi connectivity index (χ4v) is 3.52. The molecule has 0 saturated heterocycles. The van der Waals surface area contributed by atoms with E-state index in [4.69, 9.17) is 0 Å². The molecular weight excluding hydrogens is 268 g/mol. The van der Waals surface area contributed by atoms with Crippen LogP contribution >= 0.6 is 11.8 Å². The minimum Gasteiger partial charge on any atom is -0.312 e. The first-order chi connectivity index (χ1) is 9.63. The van der Waals surface area contributed by atoms with Crippen molar-refractivity contribution in [1.82, 2.24) is 20.1 Å². The number of benzene rings is 1. The molecule has 2 aromatic rings. The minimum atomic E-state index is 0.290. The lowest BCUT2D eigenvalue weighted by Gasteiger charge is -2.29. The highest BCUT2D eigenvalue weighted by Crippen LogP contribution is 2.35. The predicted octanol–water partition coefficient (Wildman–Crippen LogP) is 2.89. The molecule has 1 aromatic carbocycles. The molecule has 0 spiro atoms. The third kappa shape index (κ3) is 3.41. The normalized spacial score (nSPS) is 14.4. The molecule has 2 atom stereocenters. The summed E-state index contributed by atoms with van der Waals surface area (Å²) in [6.45, 7) is 4.50. The van der Waals surface area contributed by atoms with Gasteiger partial charge < -0.3 is 9.88 Å². The van der Waals surface area contributed by atoms with Crippen LogP contribution in [0.15, 0.2) is 41.8 Å². The molecule has 0 aliphatic carbocycles. The number of nitrogens with zero attached hydrogens (tertiary/aromatic N) is 3. The topological polar surface area (TPSA) is 42.7 Å². The van der Waals surface area contributed by atoms with E-state index in [-0.39, 0.29) is 6.04 Å². The van der Waals surface area contributed by atoms with Crippen molar-refractivity contribution in [2.24, 2.45) is 13.0 Å². The van der Waals surface area contributed by atoms with E-state index < -0.39 is 0 Å². The third-order valence-corrected chi connectivity index (χ3v) is 5.04. The van der Waals surface area contributed by atoms with Crippen molar-refractivity contribution in [2.75, 3.05) is 7.05 Å². The summed E-state index contributed by atoms with van der Waals surface area (Å²) in [6, 6.07) is 10.9. The molecule has 0 fully saturated rings. The Morgan fingerprint density at radius 3 is 2.40 bits per heavy atom. The average molecular weight is 290 g/mol. The molecule has 1 aromatic heterocycles. The molecule has 4 nitrogen and oxygen atoms in total. The number of rotatable bonds is 6. The summed E-state index contributed by atoms with van der Waals surface area (Å²) in [5, 5.41) is 13.0. The number of hydrogen-bond acceptors (Lipinski definition) is 4. The van der Waals surface area contributed by atoms with Gasteiger partial charge in [0.1, 0.15) is 6.33 Å². The van der Waals surface area contributed by atoms with E-state index in [1.165, 1.54) is 5.56 Å². The number of aryl methyl sites for hydroxylation is 1. The molecule has 0 aliphatic rings. The van der Waals surface area contributed by atoms with Gasteiger partial charge in [0.05, 0.1) is 0 Å². The van der Waals surface area contributed by atoms with Gasteiger partial charge in [-0.1, -0.05) is 55.9 Å². The van der Waals surface area contributed by atoms with Gasteiger partial charge >= 0.3 is 0 Å². The largest absolute Gasteiger partial charge is 0.312 e. The van der Waals surface area contributed by atoms with Crippen LogP contribution in [0.2, 0.25) is 0 Å². The molecule has 108 valence electrons. The lowest BCUT2D eigenvalue weighted by atomic mass is 9.96. The average Bonchev–Trinajstić information content (AvgIpc) is 2.85. The smallest absolute Gasteiger partial charge is 0.191 e. The summed E-state index contributed by atoms with van der Waals surface area (Å²) in [6.07, 6.45) is 1.75. The molecule has 0 radical (unpaired) electrons. The Labute approximate surface area is 125 Å². The van der Waals surface area contributed by atoms with E-state index in [0.29, 0.717) is 11.2 Å². The number of thioether (sulfide) groups is 1. The Morgan fingerprint density at radius 2 is 1.90 bits per heavy atom. The lowest BCUT2D eigenvalue weighted by molar-refractivity contribution is 0.471. The van der Waals surface area contributed by atoms with Crippen LogP contribution in [-0.2, 0) is 7.05 Å². The summed E-state index contributed by atoms with van der Waals surface area (Å²) in [5.41, 5.74) is 1.31. The zero-order valence-corrected chi connectivity index (χ0v) is 13.3. The van der Waals surface area contributed by atoms with Gasteiger partial charge in [0.25, 0.3) is 0 Å². The molecule has 1 N–H and O–H groups in total.